The van der Waals surface area contributed by atoms with E-state index in [1.54, 1.807) is 0 Å². The summed E-state index contributed by atoms with van der Waals surface area (Å²) in [4.78, 5) is 0. The number of benzene rings is 7. The highest BCUT2D eigenvalue weighted by Crippen LogP contribution is 2.48. The molecule has 0 aromatic heterocycles. The quantitative estimate of drug-likeness (QED) is 0.161. The Morgan fingerprint density at radius 3 is 0.872 bits per heavy atom. The maximum atomic E-state index is 15.9. The average Bonchev–Trinajstić information content (AvgIpc) is 3.16. The van der Waals surface area contributed by atoms with Crippen molar-refractivity contribution >= 4 is 69.9 Å². The Labute approximate surface area is 278 Å². The summed E-state index contributed by atoms with van der Waals surface area (Å²) in [7, 11) is -7.99. The molecule has 0 bridgehead atoms. The molecule has 7 aromatic carbocycles. The molecule has 0 saturated heterocycles. The normalized spacial score (nSPS) is 11.8. The molecule has 0 radical (unpaired) electrons. The van der Waals surface area contributed by atoms with Gasteiger partial charge in [0.1, 0.15) is 0 Å². The monoisotopic (exact) mass is 662 g/mol. The Morgan fingerprint density at radius 1 is 0.298 bits per heavy atom. The van der Waals surface area contributed by atoms with Gasteiger partial charge in [0.2, 0.25) is 0 Å². The third kappa shape index (κ3) is 5.79. The lowest BCUT2D eigenvalue weighted by molar-refractivity contribution is 0.592. The van der Waals surface area contributed by atoms with Gasteiger partial charge in [-0.3, -0.25) is 0 Å². The Balaban J connectivity index is 1.55. The smallest absolute Gasteiger partial charge is 0.171 e. The third-order valence-corrected chi connectivity index (χ3v) is 17.6. The number of hydrogen-bond acceptors (Lipinski definition) is 2. The summed E-state index contributed by atoms with van der Waals surface area (Å²) in [5, 5.41) is 7.83. The van der Waals surface area contributed by atoms with E-state index >= 15 is 9.13 Å². The summed E-state index contributed by atoms with van der Waals surface area (Å²) in [6, 6.07) is 66.1. The zero-order chi connectivity index (χ0) is 32.1. The molecule has 0 amide bonds. The van der Waals surface area contributed by atoms with Gasteiger partial charge in [0.05, 0.1) is 0 Å². The summed E-state index contributed by atoms with van der Waals surface area (Å²) < 4.78 is 31.8. The first-order chi connectivity index (χ1) is 23.1. The van der Waals surface area contributed by atoms with Crippen LogP contribution in [0.3, 0.4) is 0 Å². The molecule has 5 heteroatoms. The van der Waals surface area contributed by atoms with E-state index in [-0.39, 0.29) is 0 Å². The van der Waals surface area contributed by atoms with Crippen molar-refractivity contribution in [3.8, 4) is 0 Å². The van der Waals surface area contributed by atoms with E-state index in [0.29, 0.717) is 0 Å². The molecule has 0 spiro atoms. The van der Waals surface area contributed by atoms with Crippen LogP contribution in [0.5, 0.6) is 0 Å². The largest absolute Gasteiger partial charge is 0.309 e. The van der Waals surface area contributed by atoms with Crippen LogP contribution in [0.25, 0.3) is 0 Å². The highest BCUT2D eigenvalue weighted by molar-refractivity contribution is 7.91. The standard InChI is InChI=1S/C42H33O2P3/c43-46(35-22-8-2-9-23-35,36-24-10-3-11-25-36)41-32-18-16-30-39(41)45(34-20-6-1-7-21-34)40-31-17-19-33-42(40)47(44,37-26-12-4-13-27-37)38-28-14-5-15-29-38/h1-33H. The first-order valence-electron chi connectivity index (χ1n) is 15.6. The van der Waals surface area contributed by atoms with E-state index in [1.165, 1.54) is 0 Å². The second-order valence-corrected chi connectivity index (χ2v) is 18.8. The van der Waals surface area contributed by atoms with Gasteiger partial charge in [0.25, 0.3) is 0 Å². The molecule has 0 fully saturated rings. The van der Waals surface area contributed by atoms with E-state index < -0.39 is 22.2 Å². The molecule has 47 heavy (non-hydrogen) atoms. The van der Waals surface area contributed by atoms with Crippen LogP contribution in [0.1, 0.15) is 0 Å². The maximum absolute atomic E-state index is 15.9. The minimum atomic E-state index is -3.33. The van der Waals surface area contributed by atoms with Gasteiger partial charge in [-0.05, 0) is 23.8 Å². The second kappa shape index (κ2) is 13.7. The van der Waals surface area contributed by atoms with Crippen LogP contribution in [0.2, 0.25) is 0 Å². The number of rotatable bonds is 9. The van der Waals surface area contributed by atoms with Crippen LogP contribution in [-0.4, -0.2) is 0 Å². The third-order valence-electron chi connectivity index (χ3n) is 8.42. The fourth-order valence-corrected chi connectivity index (χ4v) is 15.5. The van der Waals surface area contributed by atoms with Gasteiger partial charge in [0.15, 0.2) is 14.3 Å². The van der Waals surface area contributed by atoms with Crippen molar-refractivity contribution in [2.24, 2.45) is 0 Å². The SMILES string of the molecule is O=P(c1ccccc1)(c1ccccc1)c1ccccc1P(c1ccccc1)c1ccccc1P(=O)(c1ccccc1)c1ccccc1. The summed E-state index contributed by atoms with van der Waals surface area (Å²) in [5.41, 5.74) is 0. The zero-order valence-electron chi connectivity index (χ0n) is 25.7. The second-order valence-electron chi connectivity index (χ2n) is 11.2. The minimum Gasteiger partial charge on any atom is -0.309 e. The molecule has 0 heterocycles. The first kappa shape index (κ1) is 31.1. The highest BCUT2D eigenvalue weighted by Gasteiger charge is 2.38. The van der Waals surface area contributed by atoms with Crippen molar-refractivity contribution in [1.29, 1.82) is 0 Å². The lowest BCUT2D eigenvalue weighted by Gasteiger charge is -2.30. The molecule has 7 rings (SSSR count). The zero-order valence-corrected chi connectivity index (χ0v) is 28.4. The van der Waals surface area contributed by atoms with Crippen LogP contribution >= 0.6 is 22.2 Å². The molecular weight excluding hydrogens is 629 g/mol. The Morgan fingerprint density at radius 2 is 0.553 bits per heavy atom. The molecule has 0 unspecified atom stereocenters. The van der Waals surface area contributed by atoms with Gasteiger partial charge in [-0.1, -0.05) is 200 Å². The van der Waals surface area contributed by atoms with E-state index in [9.17, 15) is 0 Å². The van der Waals surface area contributed by atoms with E-state index in [1.807, 2.05) is 164 Å². The lowest BCUT2D eigenvalue weighted by atomic mass is 10.3. The molecular formula is C42H33O2P3. The van der Waals surface area contributed by atoms with Crippen molar-refractivity contribution in [3.05, 3.63) is 200 Å². The van der Waals surface area contributed by atoms with Crippen molar-refractivity contribution in [2.45, 2.75) is 0 Å². The van der Waals surface area contributed by atoms with Crippen LogP contribution < -0.4 is 47.7 Å². The lowest BCUT2D eigenvalue weighted by Crippen LogP contribution is -2.41. The summed E-state index contributed by atoms with van der Waals surface area (Å²) in [5.74, 6) is 0. The van der Waals surface area contributed by atoms with Crippen molar-refractivity contribution in [2.75, 3.05) is 0 Å². The summed E-state index contributed by atoms with van der Waals surface area (Å²) >= 11 is 0. The molecule has 228 valence electrons. The Bertz CT molecular complexity index is 1960. The van der Waals surface area contributed by atoms with E-state index in [4.69, 9.17) is 0 Å². The van der Waals surface area contributed by atoms with Gasteiger partial charge in [-0.15, -0.1) is 0 Å². The molecule has 2 nitrogen and oxygen atoms in total. The van der Waals surface area contributed by atoms with Crippen LogP contribution in [-0.2, 0) is 9.13 Å². The topological polar surface area (TPSA) is 34.1 Å². The summed E-state index contributed by atoms with van der Waals surface area (Å²) in [6.07, 6.45) is 0. The summed E-state index contributed by atoms with van der Waals surface area (Å²) in [6.45, 7) is 0. The van der Waals surface area contributed by atoms with Gasteiger partial charge in [-0.25, -0.2) is 0 Å². The predicted molar refractivity (Wildman–Crippen MR) is 204 cm³/mol. The Kier molecular flexibility index (Phi) is 9.02. The predicted octanol–water partition coefficient (Wildman–Crippen LogP) is 6.72. The average molecular weight is 663 g/mol. The van der Waals surface area contributed by atoms with E-state index in [0.717, 1.165) is 47.7 Å². The fourth-order valence-electron chi connectivity index (χ4n) is 6.23. The van der Waals surface area contributed by atoms with Gasteiger partial charge >= 0.3 is 0 Å². The molecule has 0 aliphatic carbocycles. The van der Waals surface area contributed by atoms with Gasteiger partial charge < -0.3 is 9.13 Å². The van der Waals surface area contributed by atoms with Crippen molar-refractivity contribution in [3.63, 3.8) is 0 Å². The number of hydrogen-bond donors (Lipinski definition) is 0. The first-order valence-corrected chi connectivity index (χ1v) is 20.3. The molecule has 0 N–H and O–H groups in total. The van der Waals surface area contributed by atoms with Crippen LogP contribution in [0.4, 0.5) is 0 Å². The van der Waals surface area contributed by atoms with Crippen molar-refractivity contribution < 1.29 is 9.13 Å². The minimum absolute atomic E-state index is 0.786. The molecule has 0 aliphatic rings. The highest BCUT2D eigenvalue weighted by atomic mass is 31.2. The molecule has 7 aromatic rings. The van der Waals surface area contributed by atoms with E-state index in [2.05, 4.69) is 36.4 Å². The van der Waals surface area contributed by atoms with Gasteiger partial charge in [-0.2, -0.15) is 0 Å². The molecule has 0 aliphatic heterocycles. The van der Waals surface area contributed by atoms with Gasteiger partial charge in [0, 0.05) is 31.8 Å². The molecule has 0 atom stereocenters. The fraction of sp³-hybridized carbons (Fsp3) is 0. The molecule has 0 saturated carbocycles. The van der Waals surface area contributed by atoms with Crippen molar-refractivity contribution in [1.82, 2.24) is 0 Å². The van der Waals surface area contributed by atoms with Crippen LogP contribution in [0.15, 0.2) is 200 Å². The maximum Gasteiger partial charge on any atom is 0.171 e. The van der Waals surface area contributed by atoms with Crippen LogP contribution in [0, 0.1) is 0 Å². The Hall–Kier alpha value is -4.57.